The number of aromatic nitrogens is 2. The smallest absolute Gasteiger partial charge is 0.230 e. The lowest BCUT2D eigenvalue weighted by molar-refractivity contribution is -0.134. The van der Waals surface area contributed by atoms with Crippen molar-refractivity contribution in [1.29, 1.82) is 0 Å². The molecule has 1 aliphatic heterocycles. The molecule has 2 aliphatic rings. The maximum atomic E-state index is 13.2. The predicted octanol–water partition coefficient (Wildman–Crippen LogP) is 2.78. The molecule has 1 aliphatic carbocycles. The Morgan fingerprint density at radius 2 is 1.96 bits per heavy atom. The second-order valence-electron chi connectivity index (χ2n) is 7.83. The Balaban J connectivity index is 0.00000210. The third-order valence-electron chi connectivity index (χ3n) is 6.33. The first-order valence-corrected chi connectivity index (χ1v) is 9.70. The third kappa shape index (κ3) is 3.63. The van der Waals surface area contributed by atoms with Gasteiger partial charge in [0, 0.05) is 43.9 Å². The highest BCUT2D eigenvalue weighted by molar-refractivity contribution is 5.85. The van der Waals surface area contributed by atoms with Gasteiger partial charge in [-0.05, 0) is 37.7 Å². The number of amides is 1. The lowest BCUT2D eigenvalue weighted by Crippen LogP contribution is -2.49. The van der Waals surface area contributed by atoms with E-state index in [4.69, 9.17) is 5.73 Å². The van der Waals surface area contributed by atoms with Crippen molar-refractivity contribution in [3.63, 3.8) is 0 Å². The van der Waals surface area contributed by atoms with Crippen LogP contribution < -0.4 is 5.73 Å². The van der Waals surface area contributed by atoms with Crippen LogP contribution in [0.4, 0.5) is 0 Å². The molecule has 146 valence electrons. The molecule has 2 N–H and O–H groups in total. The molecular formula is C21H29ClN4O. The number of nitrogens with zero attached hydrogens (tertiary/aromatic N) is 3. The van der Waals surface area contributed by atoms with Crippen molar-refractivity contribution in [2.45, 2.75) is 43.4 Å². The highest BCUT2D eigenvalue weighted by atomic mass is 35.5. The quantitative estimate of drug-likeness (QED) is 0.879. The molecule has 0 radical (unpaired) electrons. The zero-order chi connectivity index (χ0) is 18.1. The fourth-order valence-electron chi connectivity index (χ4n) is 4.70. The summed E-state index contributed by atoms with van der Waals surface area (Å²) in [5, 5.41) is 4.53. The van der Waals surface area contributed by atoms with Crippen molar-refractivity contribution in [3.05, 3.63) is 53.3 Å². The van der Waals surface area contributed by atoms with E-state index in [2.05, 4.69) is 34.3 Å². The number of aryl methyl sites for hydroxylation is 2. The lowest BCUT2D eigenvalue weighted by atomic mass is 9.72. The molecule has 1 aromatic carbocycles. The van der Waals surface area contributed by atoms with Crippen molar-refractivity contribution in [1.82, 2.24) is 14.7 Å². The molecule has 2 aromatic rings. The Hall–Kier alpha value is -1.85. The molecule has 1 fully saturated rings. The number of carbonyl (C=O) groups excluding carboxylic acids is 1. The van der Waals surface area contributed by atoms with Crippen LogP contribution in [0.15, 0.2) is 36.5 Å². The van der Waals surface area contributed by atoms with Crippen LogP contribution in [-0.2, 0) is 23.7 Å². The fourth-order valence-corrected chi connectivity index (χ4v) is 4.70. The molecule has 5 nitrogen and oxygen atoms in total. The van der Waals surface area contributed by atoms with Gasteiger partial charge in [0.15, 0.2) is 0 Å². The van der Waals surface area contributed by atoms with Crippen LogP contribution in [0.1, 0.15) is 48.4 Å². The summed E-state index contributed by atoms with van der Waals surface area (Å²) in [6.07, 6.45) is 6.89. The maximum Gasteiger partial charge on any atom is 0.230 e. The molecule has 0 saturated carbocycles. The average molecular weight is 389 g/mol. The monoisotopic (exact) mass is 388 g/mol. The Morgan fingerprint density at radius 3 is 2.63 bits per heavy atom. The number of likely N-dealkylation sites (tertiary alicyclic amines) is 1. The number of rotatable bonds is 3. The number of halogens is 1. The van der Waals surface area contributed by atoms with Crippen molar-refractivity contribution in [2.24, 2.45) is 12.8 Å². The molecule has 27 heavy (non-hydrogen) atoms. The number of piperidine rings is 1. The van der Waals surface area contributed by atoms with E-state index in [0.717, 1.165) is 56.5 Å². The molecule has 0 spiro atoms. The summed E-state index contributed by atoms with van der Waals surface area (Å²) < 4.78 is 1.85. The molecule has 1 saturated heterocycles. The Kier molecular flexibility index (Phi) is 5.92. The van der Waals surface area contributed by atoms with E-state index >= 15 is 0 Å². The number of nitrogens with two attached hydrogens (primary N) is 1. The van der Waals surface area contributed by atoms with Gasteiger partial charge in [-0.1, -0.05) is 30.3 Å². The minimum atomic E-state index is -0.0189. The van der Waals surface area contributed by atoms with Gasteiger partial charge in [-0.15, -0.1) is 12.4 Å². The van der Waals surface area contributed by atoms with Gasteiger partial charge < -0.3 is 10.6 Å². The number of benzene rings is 1. The van der Waals surface area contributed by atoms with Gasteiger partial charge in [0.05, 0.1) is 11.6 Å². The van der Waals surface area contributed by atoms with E-state index in [1.807, 2.05) is 24.0 Å². The minimum Gasteiger partial charge on any atom is -0.342 e. The van der Waals surface area contributed by atoms with Crippen molar-refractivity contribution >= 4 is 18.3 Å². The zero-order valence-corrected chi connectivity index (χ0v) is 16.8. The summed E-state index contributed by atoms with van der Waals surface area (Å²) in [6.45, 7) is 2.21. The van der Waals surface area contributed by atoms with E-state index in [-0.39, 0.29) is 29.6 Å². The van der Waals surface area contributed by atoms with E-state index < -0.39 is 0 Å². The lowest BCUT2D eigenvalue weighted by Gasteiger charge is -2.42. The highest BCUT2D eigenvalue weighted by Gasteiger charge is 2.39. The molecule has 6 heteroatoms. The van der Waals surface area contributed by atoms with Gasteiger partial charge >= 0.3 is 0 Å². The molecule has 4 rings (SSSR count). The van der Waals surface area contributed by atoms with Crippen LogP contribution in [0.2, 0.25) is 0 Å². The summed E-state index contributed by atoms with van der Waals surface area (Å²) in [5.74, 6) is 0.257. The number of hydrogen-bond donors (Lipinski definition) is 1. The predicted molar refractivity (Wildman–Crippen MR) is 109 cm³/mol. The first kappa shape index (κ1) is 19.9. The summed E-state index contributed by atoms with van der Waals surface area (Å²) in [6, 6.07) is 10.5. The van der Waals surface area contributed by atoms with Crippen LogP contribution in [0.3, 0.4) is 0 Å². The number of hydrogen-bond acceptors (Lipinski definition) is 3. The average Bonchev–Trinajstić information content (AvgIpc) is 3.08. The zero-order valence-electron chi connectivity index (χ0n) is 15.9. The molecule has 1 amide bonds. The van der Waals surface area contributed by atoms with Crippen LogP contribution in [0.5, 0.6) is 0 Å². The van der Waals surface area contributed by atoms with Gasteiger partial charge in [-0.25, -0.2) is 0 Å². The van der Waals surface area contributed by atoms with E-state index in [0.29, 0.717) is 6.54 Å². The summed E-state index contributed by atoms with van der Waals surface area (Å²) in [4.78, 5) is 15.3. The standard InChI is InChI=1S/C21H28N4O.ClH/c1-24-14-18-17(8-5-9-19(18)23-24)20(26)25-12-10-21(15-22,11-13-25)16-6-3-2-4-7-16;/h2-4,6-7,14,17H,5,8-13,15,22H2,1H3;1H/t17-;/m1./s1. The fraction of sp³-hybridized carbons (Fsp3) is 0.524. The van der Waals surface area contributed by atoms with Crippen molar-refractivity contribution in [3.8, 4) is 0 Å². The molecule has 0 unspecified atom stereocenters. The minimum absolute atomic E-state index is 0. The van der Waals surface area contributed by atoms with Crippen LogP contribution in [0, 0.1) is 0 Å². The summed E-state index contributed by atoms with van der Waals surface area (Å²) in [5.41, 5.74) is 9.74. The first-order chi connectivity index (χ1) is 12.6. The molecular weight excluding hydrogens is 360 g/mol. The Bertz CT molecular complexity index is 781. The van der Waals surface area contributed by atoms with Gasteiger partial charge in [0.25, 0.3) is 0 Å². The Morgan fingerprint density at radius 1 is 1.26 bits per heavy atom. The molecule has 2 heterocycles. The third-order valence-corrected chi connectivity index (χ3v) is 6.33. The van der Waals surface area contributed by atoms with Crippen LogP contribution in [0.25, 0.3) is 0 Å². The molecule has 1 atom stereocenters. The molecule has 1 aromatic heterocycles. The van der Waals surface area contributed by atoms with E-state index in [1.165, 1.54) is 5.56 Å². The summed E-state index contributed by atoms with van der Waals surface area (Å²) in [7, 11) is 1.94. The largest absolute Gasteiger partial charge is 0.342 e. The second-order valence-corrected chi connectivity index (χ2v) is 7.83. The highest BCUT2D eigenvalue weighted by Crippen LogP contribution is 2.37. The Labute approximate surface area is 167 Å². The van der Waals surface area contributed by atoms with Crippen LogP contribution >= 0.6 is 12.4 Å². The summed E-state index contributed by atoms with van der Waals surface area (Å²) >= 11 is 0. The van der Waals surface area contributed by atoms with Crippen molar-refractivity contribution < 1.29 is 4.79 Å². The number of fused-ring (bicyclic) bond motifs is 1. The topological polar surface area (TPSA) is 64.2 Å². The maximum absolute atomic E-state index is 13.2. The SMILES string of the molecule is Cl.Cn1cc2c(n1)CCC[C@H]2C(=O)N1CCC(CN)(c2ccccc2)CC1. The van der Waals surface area contributed by atoms with E-state index in [1.54, 1.807) is 0 Å². The van der Waals surface area contributed by atoms with Gasteiger partial charge in [0.1, 0.15) is 0 Å². The molecule has 0 bridgehead atoms. The van der Waals surface area contributed by atoms with Crippen molar-refractivity contribution in [2.75, 3.05) is 19.6 Å². The normalized spacial score (nSPS) is 21.3. The second kappa shape index (κ2) is 8.03. The first-order valence-electron chi connectivity index (χ1n) is 9.70. The van der Waals surface area contributed by atoms with Crippen LogP contribution in [-0.4, -0.2) is 40.2 Å². The van der Waals surface area contributed by atoms with E-state index in [9.17, 15) is 4.79 Å². The van der Waals surface area contributed by atoms with Gasteiger partial charge in [-0.3, -0.25) is 9.48 Å². The number of carbonyl (C=O) groups is 1. The van der Waals surface area contributed by atoms with Gasteiger partial charge in [0.2, 0.25) is 5.91 Å². The van der Waals surface area contributed by atoms with Gasteiger partial charge in [-0.2, -0.15) is 5.10 Å².